The number of piperidine rings is 1. The highest BCUT2D eigenvalue weighted by molar-refractivity contribution is 7.89. The predicted molar refractivity (Wildman–Crippen MR) is 114 cm³/mol. The van der Waals surface area contributed by atoms with E-state index in [1.165, 1.54) is 22.5 Å². The molecule has 2 aromatic carbocycles. The molecule has 2 amide bonds. The van der Waals surface area contributed by atoms with E-state index in [9.17, 15) is 18.0 Å². The first-order valence-electron chi connectivity index (χ1n) is 9.43. The van der Waals surface area contributed by atoms with Crippen molar-refractivity contribution in [3.8, 4) is 0 Å². The lowest BCUT2D eigenvalue weighted by molar-refractivity contribution is -0.120. The molecule has 0 unspecified atom stereocenters. The number of anilines is 1. The van der Waals surface area contributed by atoms with Gasteiger partial charge in [0.05, 0.1) is 5.02 Å². The van der Waals surface area contributed by atoms with Crippen molar-refractivity contribution in [3.63, 3.8) is 0 Å². The number of nitrogens with zero attached hydrogens (tertiary/aromatic N) is 1. The van der Waals surface area contributed by atoms with E-state index in [1.54, 1.807) is 12.1 Å². The Balaban J connectivity index is 1.41. The third-order valence-electron chi connectivity index (χ3n) is 5.40. The lowest BCUT2D eigenvalue weighted by Crippen LogP contribution is -2.41. The summed E-state index contributed by atoms with van der Waals surface area (Å²) in [6, 6.07) is 9.55. The van der Waals surface area contributed by atoms with E-state index in [1.807, 2.05) is 6.07 Å². The van der Waals surface area contributed by atoms with Gasteiger partial charge in [0.2, 0.25) is 15.9 Å². The number of sulfonamides is 1. The molecule has 1 fully saturated rings. The largest absolute Gasteiger partial charge is 0.348 e. The van der Waals surface area contributed by atoms with Crippen LogP contribution in [0.5, 0.6) is 0 Å². The molecule has 2 N–H and O–H groups in total. The minimum Gasteiger partial charge on any atom is -0.348 e. The monoisotopic (exact) mass is 467 g/mol. The van der Waals surface area contributed by atoms with Crippen LogP contribution in [0.1, 0.15) is 28.8 Å². The van der Waals surface area contributed by atoms with E-state index >= 15 is 0 Å². The molecule has 0 atom stereocenters. The van der Waals surface area contributed by atoms with E-state index in [-0.39, 0.29) is 45.8 Å². The molecular weight excluding hydrogens is 449 g/mol. The van der Waals surface area contributed by atoms with Gasteiger partial charge in [0.15, 0.2) is 0 Å². The third-order valence-corrected chi connectivity index (χ3v) is 8.01. The topological polar surface area (TPSA) is 95.6 Å². The van der Waals surface area contributed by atoms with Gasteiger partial charge in [0.1, 0.15) is 4.90 Å². The van der Waals surface area contributed by atoms with Crippen molar-refractivity contribution in [1.29, 1.82) is 0 Å². The highest BCUT2D eigenvalue weighted by Crippen LogP contribution is 2.31. The zero-order valence-corrected chi connectivity index (χ0v) is 18.1. The van der Waals surface area contributed by atoms with Crippen LogP contribution in [-0.4, -0.2) is 37.6 Å². The van der Waals surface area contributed by atoms with Gasteiger partial charge in [0.25, 0.3) is 5.91 Å². The van der Waals surface area contributed by atoms with Crippen LogP contribution < -0.4 is 10.6 Å². The predicted octanol–water partition coefficient (Wildman–Crippen LogP) is 3.28. The zero-order chi connectivity index (χ0) is 21.5. The number of halogens is 2. The van der Waals surface area contributed by atoms with Crippen LogP contribution in [0.15, 0.2) is 41.3 Å². The van der Waals surface area contributed by atoms with Crippen LogP contribution in [0.3, 0.4) is 0 Å². The Bertz CT molecular complexity index is 1130. The number of hydrogen-bond donors (Lipinski definition) is 2. The van der Waals surface area contributed by atoms with E-state index in [4.69, 9.17) is 23.2 Å². The molecule has 4 rings (SSSR count). The summed E-state index contributed by atoms with van der Waals surface area (Å²) in [7, 11) is -3.80. The van der Waals surface area contributed by atoms with Gasteiger partial charge in [-0.25, -0.2) is 8.42 Å². The molecule has 158 valence electrons. The average Bonchev–Trinajstić information content (AvgIpc) is 3.10. The molecule has 2 aliphatic rings. The average molecular weight is 468 g/mol. The minimum atomic E-state index is -3.80. The molecule has 2 aliphatic heterocycles. The van der Waals surface area contributed by atoms with Crippen LogP contribution in [0, 0.1) is 5.92 Å². The van der Waals surface area contributed by atoms with E-state index in [2.05, 4.69) is 10.6 Å². The standard InChI is InChI=1S/C20H19Cl2N3O4S/c21-14-2-4-17(22)18(9-14)30(28,29)25-7-5-12(6-8-25)19(26)24-15-3-1-13-11-23-20(27)16(13)10-15/h1-4,9-10,12H,5-8,11H2,(H,23,27)(H,24,26). The van der Waals surface area contributed by atoms with Crippen LogP contribution in [0.2, 0.25) is 10.0 Å². The molecular formula is C20H19Cl2N3O4S. The molecule has 1 saturated heterocycles. The Morgan fingerprint density at radius 1 is 1.10 bits per heavy atom. The molecule has 0 spiro atoms. The van der Waals surface area contributed by atoms with Crippen LogP contribution in [0.25, 0.3) is 0 Å². The fourth-order valence-electron chi connectivity index (χ4n) is 3.71. The summed E-state index contributed by atoms with van der Waals surface area (Å²) < 4.78 is 27.2. The molecule has 0 bridgehead atoms. The summed E-state index contributed by atoms with van der Waals surface area (Å²) in [5.41, 5.74) is 2.01. The third kappa shape index (κ3) is 4.05. The highest BCUT2D eigenvalue weighted by atomic mass is 35.5. The second kappa shape index (κ2) is 8.19. The first kappa shape index (κ1) is 21.1. The van der Waals surface area contributed by atoms with Gasteiger partial charge in [-0.15, -0.1) is 0 Å². The molecule has 0 saturated carbocycles. The van der Waals surface area contributed by atoms with Gasteiger partial charge in [0, 0.05) is 41.8 Å². The van der Waals surface area contributed by atoms with Crippen molar-refractivity contribution in [3.05, 3.63) is 57.6 Å². The van der Waals surface area contributed by atoms with Crippen molar-refractivity contribution < 1.29 is 18.0 Å². The van der Waals surface area contributed by atoms with Gasteiger partial charge >= 0.3 is 0 Å². The Morgan fingerprint density at radius 3 is 2.57 bits per heavy atom. The molecule has 10 heteroatoms. The molecule has 7 nitrogen and oxygen atoms in total. The van der Waals surface area contributed by atoms with Crippen LogP contribution in [-0.2, 0) is 21.4 Å². The molecule has 2 aromatic rings. The first-order chi connectivity index (χ1) is 14.3. The van der Waals surface area contributed by atoms with Crippen molar-refractivity contribution in [2.24, 2.45) is 5.92 Å². The summed E-state index contributed by atoms with van der Waals surface area (Å²) in [6.07, 6.45) is 0.767. The van der Waals surface area contributed by atoms with E-state index < -0.39 is 10.0 Å². The quantitative estimate of drug-likeness (QED) is 0.720. The number of hydrogen-bond acceptors (Lipinski definition) is 4. The normalized spacial score (nSPS) is 17.5. The fourth-order valence-corrected chi connectivity index (χ4v) is 5.91. The first-order valence-corrected chi connectivity index (χ1v) is 11.6. The van der Waals surface area contributed by atoms with Gasteiger partial charge in [-0.3, -0.25) is 9.59 Å². The number of carbonyl (C=O) groups excluding carboxylic acids is 2. The Morgan fingerprint density at radius 2 is 1.83 bits per heavy atom. The molecule has 2 heterocycles. The van der Waals surface area contributed by atoms with Crippen LogP contribution in [0.4, 0.5) is 5.69 Å². The summed E-state index contributed by atoms with van der Waals surface area (Å²) in [6.45, 7) is 0.900. The van der Waals surface area contributed by atoms with E-state index in [0.717, 1.165) is 5.56 Å². The number of fused-ring (bicyclic) bond motifs is 1. The highest BCUT2D eigenvalue weighted by Gasteiger charge is 2.33. The molecule has 0 aromatic heterocycles. The second-order valence-corrected chi connectivity index (χ2v) is 10.0. The van der Waals surface area contributed by atoms with Gasteiger partial charge < -0.3 is 10.6 Å². The fraction of sp³-hybridized carbons (Fsp3) is 0.300. The Hall–Kier alpha value is -2.13. The van der Waals surface area contributed by atoms with Crippen molar-refractivity contribution in [2.75, 3.05) is 18.4 Å². The number of benzene rings is 2. The number of amides is 2. The van der Waals surface area contributed by atoms with Gasteiger partial charge in [-0.05, 0) is 48.7 Å². The number of carbonyl (C=O) groups is 2. The summed E-state index contributed by atoms with van der Waals surface area (Å²) in [4.78, 5) is 24.4. The summed E-state index contributed by atoms with van der Waals surface area (Å²) in [5.74, 6) is -0.668. The smallest absolute Gasteiger partial charge is 0.251 e. The van der Waals surface area contributed by atoms with Gasteiger partial charge in [-0.2, -0.15) is 4.31 Å². The number of nitrogens with one attached hydrogen (secondary N) is 2. The maximum absolute atomic E-state index is 12.9. The van der Waals surface area contributed by atoms with Crippen molar-refractivity contribution in [1.82, 2.24) is 9.62 Å². The van der Waals surface area contributed by atoms with Crippen LogP contribution >= 0.6 is 23.2 Å². The molecule has 0 radical (unpaired) electrons. The van der Waals surface area contributed by atoms with E-state index in [0.29, 0.717) is 30.6 Å². The Kier molecular flexibility index (Phi) is 5.76. The SMILES string of the molecule is O=C1NCc2ccc(NC(=O)C3CCN(S(=O)(=O)c4cc(Cl)ccc4Cl)CC3)cc21. The minimum absolute atomic E-state index is 0.0315. The maximum Gasteiger partial charge on any atom is 0.251 e. The number of rotatable bonds is 4. The zero-order valence-electron chi connectivity index (χ0n) is 15.8. The lowest BCUT2D eigenvalue weighted by atomic mass is 9.97. The Labute approximate surface area is 184 Å². The lowest BCUT2D eigenvalue weighted by Gasteiger charge is -2.30. The van der Waals surface area contributed by atoms with Crippen molar-refractivity contribution >= 4 is 50.7 Å². The maximum atomic E-state index is 12.9. The summed E-state index contributed by atoms with van der Waals surface area (Å²) >= 11 is 12.0. The van der Waals surface area contributed by atoms with Crippen molar-refractivity contribution in [2.45, 2.75) is 24.3 Å². The summed E-state index contributed by atoms with van der Waals surface area (Å²) in [5, 5.41) is 5.97. The molecule has 30 heavy (non-hydrogen) atoms. The second-order valence-electron chi connectivity index (χ2n) is 7.30. The molecule has 0 aliphatic carbocycles. The van der Waals surface area contributed by atoms with Gasteiger partial charge in [-0.1, -0.05) is 29.3 Å².